The second-order valence-electron chi connectivity index (χ2n) is 25.7. The molecule has 17 atom stereocenters. The maximum absolute atomic E-state index is 13.4. The van der Waals surface area contributed by atoms with Crippen LogP contribution >= 0.6 is 0 Å². The highest BCUT2D eigenvalue weighted by molar-refractivity contribution is 5.76. The van der Waals surface area contributed by atoms with E-state index < -0.39 is 124 Å². The largest absolute Gasteiger partial charge is 0.394 e. The average Bonchev–Trinajstić information content (AvgIpc) is 0.785. The number of carbonyl (C=O) groups excluding carboxylic acids is 1. The van der Waals surface area contributed by atoms with Gasteiger partial charge >= 0.3 is 0 Å². The molecular formula is C79H129NO18. The molecule has 0 spiro atoms. The fourth-order valence-electron chi connectivity index (χ4n) is 11.4. The molecule has 17 unspecified atom stereocenters. The van der Waals surface area contributed by atoms with Gasteiger partial charge in [0.05, 0.1) is 38.6 Å². The number of aliphatic hydroxyl groups excluding tert-OH is 11. The van der Waals surface area contributed by atoms with Crippen LogP contribution in [0.2, 0.25) is 0 Å². The van der Waals surface area contributed by atoms with E-state index in [1.807, 2.05) is 6.08 Å². The van der Waals surface area contributed by atoms with Crippen LogP contribution in [-0.2, 0) is 33.2 Å². The van der Waals surface area contributed by atoms with Crippen molar-refractivity contribution in [2.45, 2.75) is 317 Å². The van der Waals surface area contributed by atoms with Crippen molar-refractivity contribution in [1.82, 2.24) is 5.32 Å². The first-order valence-corrected chi connectivity index (χ1v) is 37.1. The normalized spacial score (nSPS) is 27.6. The van der Waals surface area contributed by atoms with E-state index in [1.165, 1.54) is 51.4 Å². The topological polar surface area (TPSA) is 307 Å². The molecule has 0 aromatic heterocycles. The molecule has 3 fully saturated rings. The third kappa shape index (κ3) is 38.6. The summed E-state index contributed by atoms with van der Waals surface area (Å²) >= 11 is 0. The molecule has 98 heavy (non-hydrogen) atoms. The first kappa shape index (κ1) is 87.9. The number of hydrogen-bond donors (Lipinski definition) is 12. The van der Waals surface area contributed by atoms with E-state index in [-0.39, 0.29) is 18.9 Å². The van der Waals surface area contributed by atoms with Crippen molar-refractivity contribution < 1.29 is 89.4 Å². The summed E-state index contributed by atoms with van der Waals surface area (Å²) in [4.78, 5) is 13.4. The third-order valence-electron chi connectivity index (χ3n) is 17.4. The predicted octanol–water partition coefficient (Wildman–Crippen LogP) is 11.1. The molecule has 0 aromatic rings. The Morgan fingerprint density at radius 2 is 0.714 bits per heavy atom. The molecule has 3 rings (SSSR count). The van der Waals surface area contributed by atoms with Crippen LogP contribution in [0, 0.1) is 0 Å². The van der Waals surface area contributed by atoms with Gasteiger partial charge in [-0.05, 0) is 109 Å². The molecule has 3 heterocycles. The Morgan fingerprint density at radius 1 is 0.378 bits per heavy atom. The molecule has 3 saturated heterocycles. The molecule has 0 saturated carbocycles. The van der Waals surface area contributed by atoms with Crippen molar-refractivity contribution in [3.8, 4) is 0 Å². The van der Waals surface area contributed by atoms with Crippen molar-refractivity contribution in [3.05, 3.63) is 146 Å². The Bertz CT molecular complexity index is 2340. The van der Waals surface area contributed by atoms with Crippen molar-refractivity contribution >= 4 is 5.91 Å². The number of rotatable bonds is 55. The summed E-state index contributed by atoms with van der Waals surface area (Å²) in [5.74, 6) is -0.301. The molecule has 558 valence electrons. The fraction of sp³-hybridized carbons (Fsp3) is 0.684. The van der Waals surface area contributed by atoms with Gasteiger partial charge < -0.3 is 89.9 Å². The highest BCUT2D eigenvalue weighted by Crippen LogP contribution is 2.33. The number of amides is 1. The minimum absolute atomic E-state index is 0.216. The van der Waals surface area contributed by atoms with Gasteiger partial charge in [-0.3, -0.25) is 4.79 Å². The molecule has 12 N–H and O–H groups in total. The summed E-state index contributed by atoms with van der Waals surface area (Å²) in [5.41, 5.74) is 0. The molecule has 3 aliphatic heterocycles. The zero-order chi connectivity index (χ0) is 71.1. The van der Waals surface area contributed by atoms with Crippen LogP contribution in [0.1, 0.15) is 213 Å². The lowest BCUT2D eigenvalue weighted by Gasteiger charge is -2.48. The summed E-state index contributed by atoms with van der Waals surface area (Å²) in [6, 6.07) is -1.00. The molecule has 19 nitrogen and oxygen atoms in total. The van der Waals surface area contributed by atoms with E-state index >= 15 is 0 Å². The molecule has 1 amide bonds. The molecule has 0 aromatic carbocycles. The number of carbonyl (C=O) groups is 1. The van der Waals surface area contributed by atoms with Gasteiger partial charge in [0.15, 0.2) is 18.9 Å². The van der Waals surface area contributed by atoms with Gasteiger partial charge in [-0.2, -0.15) is 0 Å². The van der Waals surface area contributed by atoms with Crippen LogP contribution in [0.4, 0.5) is 0 Å². The van der Waals surface area contributed by atoms with Gasteiger partial charge in [-0.15, -0.1) is 0 Å². The molecular weight excluding hydrogens is 1250 g/mol. The molecule has 3 aliphatic rings. The van der Waals surface area contributed by atoms with E-state index in [0.29, 0.717) is 12.8 Å². The van der Waals surface area contributed by atoms with Gasteiger partial charge in [-0.25, -0.2) is 0 Å². The standard InChI is InChI=1S/C79H129NO18/c1-3-5-7-9-11-13-15-17-19-20-21-22-23-24-25-26-27-28-29-30-31-32-33-34-35-36-37-38-39-40-41-42-43-45-47-49-51-53-55-57-67(85)80-62(63(84)56-54-52-50-48-46-44-18-16-14-12-10-8-6-4-2)61-93-77-73(91)70(88)75(65(59-82)95-77)98-79-74(92)71(89)76(66(60-83)96-79)97-78-72(90)69(87)68(86)64(58-81)94-78/h5,7,11,13,17,19,21-22,24-25,27-28,30-31,33-34,36-37,39-40,46,48,54,56,62-66,68-79,81-84,86-92H,3-4,6,8-10,12,14-16,18,20,23,26,29,32,35,38,41-45,47,49-53,55,57-61H2,1-2H3,(H,80,85)/b7-5-,13-11-,19-17-,22-21-,25-24-,28-27-,31-30-,34-33-,37-36-,40-39-,48-46+,56-54+. The number of nitrogens with one attached hydrogen (secondary N) is 1. The lowest BCUT2D eigenvalue weighted by molar-refractivity contribution is -0.379. The quantitative estimate of drug-likeness (QED) is 0.0199. The maximum atomic E-state index is 13.4. The molecule has 0 aliphatic carbocycles. The highest BCUT2D eigenvalue weighted by atomic mass is 16.8. The highest BCUT2D eigenvalue weighted by Gasteiger charge is 2.53. The first-order chi connectivity index (χ1) is 47.8. The molecule has 0 bridgehead atoms. The summed E-state index contributed by atoms with van der Waals surface area (Å²) in [6.07, 6.45) is 56.9. The SMILES string of the molecule is CC/C=C\C/C=C\C/C=C\C/C=C\C/C=C\C/C=C\C/C=C\C/C=C\C/C=C\C/C=C\CCCCCCCCCCC(=O)NC(COC1OC(CO)C(OC2OC(CO)C(OC3OC(CO)C(O)C(O)C3O)C(O)C2O)C(O)C1O)C(O)/C=C/CC/C=C/CCCCCCCCCC. The summed E-state index contributed by atoms with van der Waals surface area (Å²) in [5, 5.41) is 120. The smallest absolute Gasteiger partial charge is 0.220 e. The minimum Gasteiger partial charge on any atom is -0.394 e. The van der Waals surface area contributed by atoms with Crippen LogP contribution in [0.25, 0.3) is 0 Å². The van der Waals surface area contributed by atoms with Gasteiger partial charge in [0.25, 0.3) is 0 Å². The van der Waals surface area contributed by atoms with Crippen molar-refractivity contribution in [1.29, 1.82) is 0 Å². The second-order valence-corrected chi connectivity index (χ2v) is 25.7. The van der Waals surface area contributed by atoms with Gasteiger partial charge in [0.2, 0.25) is 5.91 Å². The van der Waals surface area contributed by atoms with Crippen molar-refractivity contribution in [2.75, 3.05) is 26.4 Å². The lowest BCUT2D eigenvalue weighted by atomic mass is 9.96. The second kappa shape index (κ2) is 58.2. The zero-order valence-electron chi connectivity index (χ0n) is 59.2. The van der Waals surface area contributed by atoms with Crippen molar-refractivity contribution in [2.24, 2.45) is 0 Å². The summed E-state index contributed by atoms with van der Waals surface area (Å²) < 4.78 is 34.3. The third-order valence-corrected chi connectivity index (χ3v) is 17.4. The van der Waals surface area contributed by atoms with Crippen LogP contribution < -0.4 is 5.32 Å². The maximum Gasteiger partial charge on any atom is 0.220 e. The van der Waals surface area contributed by atoms with Crippen molar-refractivity contribution in [3.63, 3.8) is 0 Å². The fourth-order valence-corrected chi connectivity index (χ4v) is 11.4. The Kier molecular flexibility index (Phi) is 52.2. The Morgan fingerprint density at radius 3 is 1.14 bits per heavy atom. The number of hydrogen-bond acceptors (Lipinski definition) is 18. The van der Waals surface area contributed by atoms with E-state index in [4.69, 9.17) is 28.4 Å². The Balaban J connectivity index is 1.35. The number of aliphatic hydroxyl groups is 11. The Hall–Kier alpha value is -4.33. The number of allylic oxidation sites excluding steroid dienone is 23. The van der Waals surface area contributed by atoms with E-state index in [1.54, 1.807) is 6.08 Å². The van der Waals surface area contributed by atoms with Crippen LogP contribution in [-0.4, -0.2) is 193 Å². The predicted molar refractivity (Wildman–Crippen MR) is 387 cm³/mol. The van der Waals surface area contributed by atoms with Gasteiger partial charge in [0, 0.05) is 6.42 Å². The van der Waals surface area contributed by atoms with E-state index in [0.717, 1.165) is 128 Å². The van der Waals surface area contributed by atoms with Gasteiger partial charge in [0.1, 0.15) is 73.2 Å². The number of ether oxygens (including phenoxy) is 6. The minimum atomic E-state index is -1.99. The molecule has 19 heteroatoms. The van der Waals surface area contributed by atoms with Crippen LogP contribution in [0.5, 0.6) is 0 Å². The summed E-state index contributed by atoms with van der Waals surface area (Å²) in [7, 11) is 0. The van der Waals surface area contributed by atoms with Crippen LogP contribution in [0.3, 0.4) is 0 Å². The van der Waals surface area contributed by atoms with Gasteiger partial charge in [-0.1, -0.05) is 243 Å². The Labute approximate surface area is 587 Å². The average molecular weight is 1380 g/mol. The lowest BCUT2D eigenvalue weighted by Crippen LogP contribution is -2.66. The number of unbranched alkanes of at least 4 members (excludes halogenated alkanes) is 17. The van der Waals surface area contributed by atoms with E-state index in [2.05, 4.69) is 153 Å². The van der Waals surface area contributed by atoms with E-state index in [9.17, 15) is 61.0 Å². The zero-order valence-corrected chi connectivity index (χ0v) is 59.2. The van der Waals surface area contributed by atoms with Crippen LogP contribution in [0.15, 0.2) is 146 Å². The molecule has 0 radical (unpaired) electrons. The summed E-state index contributed by atoms with van der Waals surface area (Å²) in [6.45, 7) is 1.56. The first-order valence-electron chi connectivity index (χ1n) is 37.1. The monoisotopic (exact) mass is 1380 g/mol.